The molecule has 0 saturated carbocycles. The Balaban J connectivity index is 1.73. The van der Waals surface area contributed by atoms with Gasteiger partial charge in [0.25, 0.3) is 0 Å². The first-order valence-corrected chi connectivity index (χ1v) is 6.61. The lowest BCUT2D eigenvalue weighted by Crippen LogP contribution is -2.33. The van der Waals surface area contributed by atoms with Crippen LogP contribution >= 0.6 is 15.9 Å². The molecule has 1 aliphatic rings. The maximum absolute atomic E-state index is 5.69. The Labute approximate surface area is 105 Å². The van der Waals surface area contributed by atoms with Crippen LogP contribution in [0.15, 0.2) is 22.9 Å². The molecule has 2 heterocycles. The van der Waals surface area contributed by atoms with E-state index < -0.39 is 0 Å². The third-order valence-electron chi connectivity index (χ3n) is 2.84. The van der Waals surface area contributed by atoms with E-state index in [4.69, 9.17) is 4.74 Å². The number of rotatable bonds is 4. The smallest absolute Gasteiger partial charge is 0.152 e. The van der Waals surface area contributed by atoms with Crippen LogP contribution in [0.5, 0.6) is 5.75 Å². The van der Waals surface area contributed by atoms with E-state index >= 15 is 0 Å². The van der Waals surface area contributed by atoms with Gasteiger partial charge in [-0.2, -0.15) is 0 Å². The number of halogens is 1. The van der Waals surface area contributed by atoms with Crippen molar-refractivity contribution in [2.45, 2.75) is 19.3 Å². The molecule has 0 unspecified atom stereocenters. The second-order valence-corrected chi connectivity index (χ2v) is 4.79. The molecule has 1 saturated heterocycles. The lowest BCUT2D eigenvalue weighted by Gasteiger charge is -2.26. The number of ether oxygens (including phenoxy) is 1. The first-order chi connectivity index (χ1) is 7.86. The molecule has 0 radical (unpaired) electrons. The van der Waals surface area contributed by atoms with Crippen LogP contribution in [0, 0.1) is 0 Å². The fraction of sp³-hybridized carbons (Fsp3) is 0.583. The molecule has 2 rings (SSSR count). The molecule has 0 spiro atoms. The summed E-state index contributed by atoms with van der Waals surface area (Å²) in [5.41, 5.74) is 0. The van der Waals surface area contributed by atoms with Gasteiger partial charge in [-0.1, -0.05) is 6.42 Å². The number of pyridine rings is 1. The van der Waals surface area contributed by atoms with Gasteiger partial charge in [-0.3, -0.25) is 4.90 Å². The summed E-state index contributed by atoms with van der Waals surface area (Å²) in [6.07, 6.45) is 5.79. The second kappa shape index (κ2) is 6.21. The SMILES string of the molecule is Brc1ncccc1OCCN1CCCCC1. The minimum atomic E-state index is 0.740. The third kappa shape index (κ3) is 3.46. The van der Waals surface area contributed by atoms with Crippen LogP contribution in [0.3, 0.4) is 0 Å². The number of piperidine rings is 1. The van der Waals surface area contributed by atoms with E-state index in [1.807, 2.05) is 12.1 Å². The van der Waals surface area contributed by atoms with Gasteiger partial charge in [0.1, 0.15) is 11.2 Å². The minimum Gasteiger partial charge on any atom is -0.489 e. The number of likely N-dealkylation sites (tertiary alicyclic amines) is 1. The molecule has 1 fully saturated rings. The first kappa shape index (κ1) is 11.9. The molecular weight excluding hydrogens is 268 g/mol. The Kier molecular flexibility index (Phi) is 4.60. The summed E-state index contributed by atoms with van der Waals surface area (Å²) in [7, 11) is 0. The molecule has 0 N–H and O–H groups in total. The van der Waals surface area contributed by atoms with Crippen molar-refractivity contribution in [1.29, 1.82) is 0 Å². The van der Waals surface area contributed by atoms with Crippen molar-refractivity contribution in [1.82, 2.24) is 9.88 Å². The summed E-state index contributed by atoms with van der Waals surface area (Å²) >= 11 is 3.37. The number of aromatic nitrogens is 1. The molecule has 1 aliphatic heterocycles. The molecule has 0 aliphatic carbocycles. The quantitative estimate of drug-likeness (QED) is 0.795. The first-order valence-electron chi connectivity index (χ1n) is 5.82. The van der Waals surface area contributed by atoms with Gasteiger partial charge in [-0.05, 0) is 54.0 Å². The Hall–Kier alpha value is -0.610. The van der Waals surface area contributed by atoms with Crippen LogP contribution in [-0.4, -0.2) is 36.1 Å². The van der Waals surface area contributed by atoms with Crippen LogP contribution in [0.1, 0.15) is 19.3 Å². The van der Waals surface area contributed by atoms with Crippen molar-refractivity contribution in [2.24, 2.45) is 0 Å². The van der Waals surface area contributed by atoms with Gasteiger partial charge in [0.15, 0.2) is 5.75 Å². The van der Waals surface area contributed by atoms with Gasteiger partial charge < -0.3 is 4.74 Å². The van der Waals surface area contributed by atoms with Gasteiger partial charge in [0.2, 0.25) is 0 Å². The van der Waals surface area contributed by atoms with Gasteiger partial charge in [-0.25, -0.2) is 4.98 Å². The third-order valence-corrected chi connectivity index (χ3v) is 3.43. The highest BCUT2D eigenvalue weighted by atomic mass is 79.9. The molecule has 88 valence electrons. The zero-order chi connectivity index (χ0) is 11.2. The van der Waals surface area contributed by atoms with Crippen molar-refractivity contribution < 1.29 is 4.74 Å². The Bertz CT molecular complexity index is 327. The van der Waals surface area contributed by atoms with Gasteiger partial charge in [-0.15, -0.1) is 0 Å². The van der Waals surface area contributed by atoms with E-state index in [-0.39, 0.29) is 0 Å². The minimum absolute atomic E-state index is 0.740. The lowest BCUT2D eigenvalue weighted by atomic mass is 10.1. The Morgan fingerprint density at radius 1 is 1.31 bits per heavy atom. The largest absolute Gasteiger partial charge is 0.489 e. The van der Waals surface area contributed by atoms with Crippen LogP contribution in [0.25, 0.3) is 0 Å². The summed E-state index contributed by atoms with van der Waals surface area (Å²) in [4.78, 5) is 6.59. The van der Waals surface area contributed by atoms with Gasteiger partial charge in [0, 0.05) is 12.7 Å². The second-order valence-electron chi connectivity index (χ2n) is 4.04. The van der Waals surface area contributed by atoms with Crippen molar-refractivity contribution in [3.8, 4) is 5.75 Å². The highest BCUT2D eigenvalue weighted by Crippen LogP contribution is 2.20. The van der Waals surface area contributed by atoms with Gasteiger partial charge in [0.05, 0.1) is 0 Å². The summed E-state index contributed by atoms with van der Waals surface area (Å²) in [5.74, 6) is 0.833. The summed E-state index contributed by atoms with van der Waals surface area (Å²) in [6, 6.07) is 3.83. The average molecular weight is 285 g/mol. The van der Waals surface area contributed by atoms with E-state index in [0.717, 1.165) is 23.5 Å². The Morgan fingerprint density at radius 3 is 2.88 bits per heavy atom. The molecule has 1 aromatic heterocycles. The molecule has 4 heteroatoms. The van der Waals surface area contributed by atoms with E-state index in [1.165, 1.54) is 32.4 Å². The standard InChI is InChI=1S/C12H17BrN2O/c13-12-11(5-4-6-14-12)16-10-9-15-7-2-1-3-8-15/h4-6H,1-3,7-10H2. The lowest BCUT2D eigenvalue weighted by molar-refractivity contribution is 0.182. The average Bonchev–Trinajstić information content (AvgIpc) is 2.33. The molecule has 3 nitrogen and oxygen atoms in total. The molecule has 16 heavy (non-hydrogen) atoms. The molecule has 0 atom stereocenters. The van der Waals surface area contributed by atoms with Crippen LogP contribution < -0.4 is 4.74 Å². The number of hydrogen-bond donors (Lipinski definition) is 0. The number of nitrogens with zero attached hydrogens (tertiary/aromatic N) is 2. The Morgan fingerprint density at radius 2 is 2.12 bits per heavy atom. The monoisotopic (exact) mass is 284 g/mol. The zero-order valence-electron chi connectivity index (χ0n) is 9.36. The maximum atomic E-state index is 5.69. The molecule has 0 aromatic carbocycles. The van der Waals surface area contributed by atoms with Crippen molar-refractivity contribution >= 4 is 15.9 Å². The topological polar surface area (TPSA) is 25.4 Å². The van der Waals surface area contributed by atoms with E-state index in [9.17, 15) is 0 Å². The highest BCUT2D eigenvalue weighted by molar-refractivity contribution is 9.10. The van der Waals surface area contributed by atoms with Crippen molar-refractivity contribution in [2.75, 3.05) is 26.2 Å². The predicted molar refractivity (Wildman–Crippen MR) is 67.7 cm³/mol. The summed E-state index contributed by atoms with van der Waals surface area (Å²) in [5, 5.41) is 0. The molecular formula is C12H17BrN2O. The fourth-order valence-corrected chi connectivity index (χ4v) is 2.31. The fourth-order valence-electron chi connectivity index (χ4n) is 1.95. The van der Waals surface area contributed by atoms with Gasteiger partial charge >= 0.3 is 0 Å². The van der Waals surface area contributed by atoms with Crippen LogP contribution in [-0.2, 0) is 0 Å². The predicted octanol–water partition coefficient (Wildman–Crippen LogP) is 2.71. The highest BCUT2D eigenvalue weighted by Gasteiger charge is 2.09. The normalized spacial score (nSPS) is 17.3. The molecule has 1 aromatic rings. The summed E-state index contributed by atoms with van der Waals surface area (Å²) < 4.78 is 6.47. The molecule has 0 amide bonds. The molecule has 0 bridgehead atoms. The number of hydrogen-bond acceptors (Lipinski definition) is 3. The van der Waals surface area contributed by atoms with Crippen molar-refractivity contribution in [3.05, 3.63) is 22.9 Å². The van der Waals surface area contributed by atoms with E-state index in [0.29, 0.717) is 0 Å². The summed E-state index contributed by atoms with van der Waals surface area (Å²) in [6.45, 7) is 4.20. The van der Waals surface area contributed by atoms with Crippen molar-refractivity contribution in [3.63, 3.8) is 0 Å². The van der Waals surface area contributed by atoms with Crippen LogP contribution in [0.2, 0.25) is 0 Å². The maximum Gasteiger partial charge on any atom is 0.152 e. The van der Waals surface area contributed by atoms with E-state index in [2.05, 4.69) is 25.8 Å². The van der Waals surface area contributed by atoms with Crippen LogP contribution in [0.4, 0.5) is 0 Å². The zero-order valence-corrected chi connectivity index (χ0v) is 10.9. The van der Waals surface area contributed by atoms with E-state index in [1.54, 1.807) is 6.20 Å².